The fourth-order valence-electron chi connectivity index (χ4n) is 2.94. The first-order valence-corrected chi connectivity index (χ1v) is 9.62. The van der Waals surface area contributed by atoms with E-state index in [1.165, 1.54) is 16.4 Å². The standard InChI is InChI=1S/C18H20F2N2O2S/c19-16-7-6-15(18(20)14-16)8-9-21-10-12-22(13-11-21)25(23,24)17-4-2-1-3-5-17/h1-7,14H,8-13H2. The summed E-state index contributed by atoms with van der Waals surface area (Å²) in [5, 5.41) is 0. The van der Waals surface area contributed by atoms with Gasteiger partial charge in [0.15, 0.2) is 0 Å². The fourth-order valence-corrected chi connectivity index (χ4v) is 4.38. The average molecular weight is 366 g/mol. The SMILES string of the molecule is O=S(=O)(c1ccccc1)N1CCN(CCc2ccc(F)cc2F)CC1. The van der Waals surface area contributed by atoms with E-state index in [1.807, 2.05) is 0 Å². The van der Waals surface area contributed by atoms with Gasteiger partial charge in [0.2, 0.25) is 10.0 Å². The third-order valence-corrected chi connectivity index (χ3v) is 6.34. The maximum atomic E-state index is 13.7. The van der Waals surface area contributed by atoms with Crippen molar-refractivity contribution >= 4 is 10.0 Å². The van der Waals surface area contributed by atoms with Gasteiger partial charge in [0.25, 0.3) is 0 Å². The summed E-state index contributed by atoms with van der Waals surface area (Å²) in [4.78, 5) is 2.40. The van der Waals surface area contributed by atoms with Crippen LogP contribution in [0.15, 0.2) is 53.4 Å². The van der Waals surface area contributed by atoms with E-state index in [2.05, 4.69) is 4.90 Å². The summed E-state index contributed by atoms with van der Waals surface area (Å²) in [6, 6.07) is 12.0. The number of piperazine rings is 1. The van der Waals surface area contributed by atoms with Gasteiger partial charge in [-0.3, -0.25) is 0 Å². The molecule has 1 saturated heterocycles. The molecule has 25 heavy (non-hydrogen) atoms. The van der Waals surface area contributed by atoms with E-state index in [4.69, 9.17) is 0 Å². The van der Waals surface area contributed by atoms with Gasteiger partial charge in [-0.1, -0.05) is 24.3 Å². The predicted molar refractivity (Wildman–Crippen MR) is 91.7 cm³/mol. The van der Waals surface area contributed by atoms with Crippen LogP contribution in [0.5, 0.6) is 0 Å². The Labute approximate surface area is 146 Å². The van der Waals surface area contributed by atoms with Gasteiger partial charge in [-0.15, -0.1) is 0 Å². The summed E-state index contributed by atoms with van der Waals surface area (Å²) in [6.45, 7) is 2.61. The molecule has 7 heteroatoms. The molecule has 1 aliphatic rings. The zero-order valence-corrected chi connectivity index (χ0v) is 14.6. The van der Waals surface area contributed by atoms with Crippen LogP contribution in [0.4, 0.5) is 8.78 Å². The number of benzene rings is 2. The van der Waals surface area contributed by atoms with E-state index in [9.17, 15) is 17.2 Å². The second kappa shape index (κ2) is 7.59. The molecule has 2 aromatic rings. The second-order valence-corrected chi connectivity index (χ2v) is 7.98. The van der Waals surface area contributed by atoms with Crippen LogP contribution in [0.3, 0.4) is 0 Å². The van der Waals surface area contributed by atoms with Crippen molar-refractivity contribution in [1.29, 1.82) is 0 Å². The smallest absolute Gasteiger partial charge is 0.243 e. The van der Waals surface area contributed by atoms with Gasteiger partial charge < -0.3 is 4.90 Å². The summed E-state index contributed by atoms with van der Waals surface area (Å²) < 4.78 is 53.2. The van der Waals surface area contributed by atoms with E-state index in [1.54, 1.807) is 30.3 Å². The largest absolute Gasteiger partial charge is 0.300 e. The minimum atomic E-state index is -3.46. The first-order chi connectivity index (χ1) is 12.0. The van der Waals surface area contributed by atoms with Gasteiger partial charge in [-0.2, -0.15) is 4.31 Å². The van der Waals surface area contributed by atoms with Crippen molar-refractivity contribution in [3.8, 4) is 0 Å². The third kappa shape index (κ3) is 4.23. The van der Waals surface area contributed by atoms with Gasteiger partial charge in [0.05, 0.1) is 4.90 Å². The highest BCUT2D eigenvalue weighted by Gasteiger charge is 2.28. The van der Waals surface area contributed by atoms with Crippen LogP contribution >= 0.6 is 0 Å². The highest BCUT2D eigenvalue weighted by Crippen LogP contribution is 2.18. The molecule has 0 atom stereocenters. The molecule has 0 N–H and O–H groups in total. The highest BCUT2D eigenvalue weighted by atomic mass is 32.2. The van der Waals surface area contributed by atoms with Crippen molar-refractivity contribution in [1.82, 2.24) is 9.21 Å². The van der Waals surface area contributed by atoms with Crippen LogP contribution in [0.2, 0.25) is 0 Å². The first kappa shape index (κ1) is 18.0. The van der Waals surface area contributed by atoms with Crippen molar-refractivity contribution in [2.24, 2.45) is 0 Å². The van der Waals surface area contributed by atoms with Gasteiger partial charge >= 0.3 is 0 Å². The lowest BCUT2D eigenvalue weighted by Crippen LogP contribution is -2.49. The van der Waals surface area contributed by atoms with Crippen LogP contribution in [0, 0.1) is 11.6 Å². The molecule has 0 unspecified atom stereocenters. The quantitative estimate of drug-likeness (QED) is 0.816. The molecule has 134 valence electrons. The maximum Gasteiger partial charge on any atom is 0.243 e. The Balaban J connectivity index is 1.55. The Hall–Kier alpha value is -1.83. The molecule has 1 fully saturated rings. The van der Waals surface area contributed by atoms with E-state index >= 15 is 0 Å². The van der Waals surface area contributed by atoms with Crippen molar-refractivity contribution in [2.75, 3.05) is 32.7 Å². The van der Waals surface area contributed by atoms with Crippen LogP contribution in [0.1, 0.15) is 5.56 Å². The Morgan fingerprint density at radius 2 is 1.60 bits per heavy atom. The third-order valence-electron chi connectivity index (χ3n) is 4.42. The molecule has 0 spiro atoms. The molecule has 0 aliphatic carbocycles. The van der Waals surface area contributed by atoms with Crippen molar-refractivity contribution < 1.29 is 17.2 Å². The summed E-state index contributed by atoms with van der Waals surface area (Å²) in [5.74, 6) is -1.12. The molecule has 1 heterocycles. The lowest BCUT2D eigenvalue weighted by molar-refractivity contribution is 0.190. The predicted octanol–water partition coefficient (Wildman–Crippen LogP) is 2.51. The number of rotatable bonds is 5. The summed E-state index contributed by atoms with van der Waals surface area (Å²) in [7, 11) is -3.46. The van der Waals surface area contributed by atoms with Crippen LogP contribution in [-0.2, 0) is 16.4 Å². The lowest BCUT2D eigenvalue weighted by atomic mass is 10.1. The van der Waals surface area contributed by atoms with Crippen LogP contribution in [0.25, 0.3) is 0 Å². The van der Waals surface area contributed by atoms with E-state index in [0.717, 1.165) is 6.07 Å². The van der Waals surface area contributed by atoms with Crippen molar-refractivity contribution in [2.45, 2.75) is 11.3 Å². The van der Waals surface area contributed by atoms with E-state index < -0.39 is 21.7 Å². The average Bonchev–Trinajstić information content (AvgIpc) is 2.62. The first-order valence-electron chi connectivity index (χ1n) is 8.18. The fraction of sp³-hybridized carbons (Fsp3) is 0.333. The molecule has 0 saturated carbocycles. The Kier molecular flexibility index (Phi) is 5.46. The van der Waals surface area contributed by atoms with E-state index in [0.29, 0.717) is 49.6 Å². The number of sulfonamides is 1. The normalized spacial score (nSPS) is 16.9. The second-order valence-electron chi connectivity index (χ2n) is 6.04. The summed E-state index contributed by atoms with van der Waals surface area (Å²) in [5.41, 5.74) is 0.473. The van der Waals surface area contributed by atoms with Gasteiger partial charge in [-0.05, 0) is 30.2 Å². The molecule has 3 rings (SSSR count). The molecule has 1 aliphatic heterocycles. The van der Waals surface area contributed by atoms with Crippen molar-refractivity contribution in [3.63, 3.8) is 0 Å². The minimum Gasteiger partial charge on any atom is -0.300 e. The Morgan fingerprint density at radius 3 is 2.24 bits per heavy atom. The van der Waals surface area contributed by atoms with Gasteiger partial charge in [0.1, 0.15) is 11.6 Å². The topological polar surface area (TPSA) is 40.6 Å². The molecule has 0 aromatic heterocycles. The highest BCUT2D eigenvalue weighted by molar-refractivity contribution is 7.89. The van der Waals surface area contributed by atoms with Gasteiger partial charge in [-0.25, -0.2) is 17.2 Å². The number of hydrogen-bond donors (Lipinski definition) is 0. The zero-order chi connectivity index (χ0) is 17.9. The van der Waals surface area contributed by atoms with Gasteiger partial charge in [0, 0.05) is 38.8 Å². The lowest BCUT2D eigenvalue weighted by Gasteiger charge is -2.34. The zero-order valence-electron chi connectivity index (χ0n) is 13.7. The Morgan fingerprint density at radius 1 is 0.920 bits per heavy atom. The number of hydrogen-bond acceptors (Lipinski definition) is 3. The summed E-state index contributed by atoms with van der Waals surface area (Å²) >= 11 is 0. The van der Waals surface area contributed by atoms with E-state index in [-0.39, 0.29) is 0 Å². The maximum absolute atomic E-state index is 13.7. The molecule has 0 amide bonds. The monoisotopic (exact) mass is 366 g/mol. The number of halogens is 2. The molecular weight excluding hydrogens is 346 g/mol. The minimum absolute atomic E-state index is 0.303. The number of nitrogens with zero attached hydrogens (tertiary/aromatic N) is 2. The van der Waals surface area contributed by atoms with Crippen LogP contribution in [-0.4, -0.2) is 50.3 Å². The molecule has 4 nitrogen and oxygen atoms in total. The molecule has 2 aromatic carbocycles. The molecule has 0 bridgehead atoms. The Bertz CT molecular complexity index is 820. The van der Waals surface area contributed by atoms with Crippen LogP contribution < -0.4 is 0 Å². The summed E-state index contributed by atoms with van der Waals surface area (Å²) in [6.07, 6.45) is 0.470. The molecular formula is C18H20F2N2O2S. The molecule has 0 radical (unpaired) electrons. The van der Waals surface area contributed by atoms with Crippen molar-refractivity contribution in [3.05, 3.63) is 65.7 Å².